The number of hydrogen-bond acceptors (Lipinski definition) is 8. The van der Waals surface area contributed by atoms with Gasteiger partial charge in [0.1, 0.15) is 23.0 Å². The van der Waals surface area contributed by atoms with Crippen LogP contribution in [0.25, 0.3) is 0 Å². The van der Waals surface area contributed by atoms with E-state index in [0.717, 1.165) is 115 Å². The molecule has 0 saturated carbocycles. The Labute approximate surface area is 499 Å². The second-order valence-corrected chi connectivity index (χ2v) is 26.8. The van der Waals surface area contributed by atoms with Gasteiger partial charge in [-0.15, -0.1) is 0 Å². The van der Waals surface area contributed by atoms with Gasteiger partial charge in [-0.2, -0.15) is 0 Å². The summed E-state index contributed by atoms with van der Waals surface area (Å²) in [4.78, 5) is 14.8. The van der Waals surface area contributed by atoms with E-state index >= 15 is 0 Å². The van der Waals surface area contributed by atoms with Gasteiger partial charge in [-0.1, -0.05) is 166 Å². The van der Waals surface area contributed by atoms with Crippen LogP contribution in [0.3, 0.4) is 0 Å². The standard InChI is InChI=1S/C74H54B2N4O2S2/c1-73(2)35-36-74(3,4)50-42-64-54(41-49(50)73)76-53-43-52-59(44-60(53)78(46-23-9-6-10-24-46)62-38-48(40-66(82-64)72(62)76)80-57-28-14-19-33-69(57)84-70-34-20-15-29-58(70)80)77(45-21-7-5-8-22-45)61-37-47(39-65-71(61)75(52)51-25-11-16-30-63(51)81-65)79-55-26-12-17-31-67(55)83-68-32-18-13-27-56(68)79/h5-34,37-44H,35-36H2,1-4H3. The number of anilines is 12. The molecular formula is C74H54B2N4O2S2. The average molecular weight is 1120 g/mol. The van der Waals surface area contributed by atoms with E-state index in [4.69, 9.17) is 9.47 Å². The maximum Gasteiger partial charge on any atom is 0.256 e. The largest absolute Gasteiger partial charge is 0.458 e. The number of benzene rings is 11. The van der Waals surface area contributed by atoms with Gasteiger partial charge in [0.25, 0.3) is 13.4 Å². The Morgan fingerprint density at radius 2 is 0.702 bits per heavy atom. The number of hydrogen-bond donors (Lipinski definition) is 0. The van der Waals surface area contributed by atoms with E-state index in [9.17, 15) is 0 Å². The summed E-state index contributed by atoms with van der Waals surface area (Å²) in [6, 6.07) is 85.6. The van der Waals surface area contributed by atoms with E-state index in [1.807, 2.05) is 23.5 Å². The van der Waals surface area contributed by atoms with E-state index in [1.165, 1.54) is 52.6 Å². The van der Waals surface area contributed by atoms with E-state index in [2.05, 4.69) is 278 Å². The molecule has 0 bridgehead atoms. The first-order chi connectivity index (χ1) is 41.1. The van der Waals surface area contributed by atoms with Crippen molar-refractivity contribution in [3.8, 4) is 23.0 Å². The first kappa shape index (κ1) is 48.6. The molecule has 1 aliphatic carbocycles. The molecule has 0 fully saturated rings. The van der Waals surface area contributed by atoms with E-state index in [1.54, 1.807) is 0 Å². The molecule has 84 heavy (non-hydrogen) atoms. The van der Waals surface area contributed by atoms with Crippen LogP contribution in [-0.2, 0) is 10.8 Å². The van der Waals surface area contributed by atoms with Crippen molar-refractivity contribution >= 4 is 138 Å². The SMILES string of the molecule is CC1(C)CCC(C)(C)c2cc3c(cc21)Oc1cc(N2c4ccccc4Sc4ccccc42)cc2c1B3c1cc3c(cc1N2c1ccccc1)N(c1ccccc1)c1cc(N2c4ccccc4Sc4ccccc42)cc2c1B3c1ccccc1O2. The zero-order valence-electron chi connectivity index (χ0n) is 46.9. The lowest BCUT2D eigenvalue weighted by atomic mass is 9.30. The third-order valence-corrected chi connectivity index (χ3v) is 21.2. The summed E-state index contributed by atoms with van der Waals surface area (Å²) in [5.41, 5.74) is 23.3. The van der Waals surface area contributed by atoms with E-state index in [-0.39, 0.29) is 24.3 Å². The highest BCUT2D eigenvalue weighted by atomic mass is 32.2. The molecule has 0 saturated heterocycles. The number of ether oxygens (including phenoxy) is 2. The molecule has 6 aliphatic heterocycles. The van der Waals surface area contributed by atoms with Gasteiger partial charge in [0, 0.05) is 65.8 Å². The molecule has 0 radical (unpaired) electrons. The molecule has 0 amide bonds. The van der Waals surface area contributed by atoms with Gasteiger partial charge in [-0.05, 0) is 171 Å². The van der Waals surface area contributed by atoms with Crippen molar-refractivity contribution in [2.45, 2.75) is 70.9 Å². The monoisotopic (exact) mass is 1120 g/mol. The first-order valence-corrected chi connectivity index (χ1v) is 31.0. The summed E-state index contributed by atoms with van der Waals surface area (Å²) in [5, 5.41) is 0. The van der Waals surface area contributed by atoms with Crippen LogP contribution in [0, 0.1) is 0 Å². The molecule has 10 heteroatoms. The third-order valence-electron chi connectivity index (χ3n) is 18.9. The quantitative estimate of drug-likeness (QED) is 0.161. The van der Waals surface area contributed by atoms with Crippen molar-refractivity contribution in [3.05, 3.63) is 242 Å². The Bertz CT molecular complexity index is 4560. The maximum atomic E-state index is 7.62. The van der Waals surface area contributed by atoms with Crippen LogP contribution < -0.4 is 61.9 Å². The van der Waals surface area contributed by atoms with Crippen molar-refractivity contribution in [1.29, 1.82) is 0 Å². The Hall–Kier alpha value is -8.95. The van der Waals surface area contributed by atoms with E-state index < -0.39 is 0 Å². The van der Waals surface area contributed by atoms with Gasteiger partial charge in [0.05, 0.1) is 34.1 Å². The fourth-order valence-electron chi connectivity index (χ4n) is 14.9. The van der Waals surface area contributed by atoms with Crippen molar-refractivity contribution < 1.29 is 9.47 Å². The number of nitrogens with zero attached hydrogens (tertiary/aromatic N) is 4. The van der Waals surface area contributed by atoms with Crippen LogP contribution in [0.5, 0.6) is 23.0 Å². The number of para-hydroxylation sites is 7. The molecule has 6 heterocycles. The highest BCUT2D eigenvalue weighted by Gasteiger charge is 2.49. The van der Waals surface area contributed by atoms with Crippen LogP contribution in [0.4, 0.5) is 68.2 Å². The minimum atomic E-state index is -0.170. The number of rotatable bonds is 4. The van der Waals surface area contributed by atoms with Crippen molar-refractivity contribution in [2.75, 3.05) is 19.6 Å². The minimum Gasteiger partial charge on any atom is -0.458 e. The lowest BCUT2D eigenvalue weighted by molar-refractivity contribution is 0.330. The minimum absolute atomic E-state index is 0.0227. The van der Waals surface area contributed by atoms with Crippen molar-refractivity contribution in [2.24, 2.45) is 0 Å². The summed E-state index contributed by atoms with van der Waals surface area (Å²) < 4.78 is 14.9. The second-order valence-electron chi connectivity index (χ2n) is 24.6. The lowest BCUT2D eigenvalue weighted by Crippen LogP contribution is -2.64. The Balaban J connectivity index is 0.942. The zero-order valence-corrected chi connectivity index (χ0v) is 48.6. The summed E-state index contributed by atoms with van der Waals surface area (Å²) in [7, 11) is 0. The van der Waals surface area contributed by atoms with Gasteiger partial charge < -0.3 is 29.1 Å². The molecule has 11 aromatic rings. The fourth-order valence-corrected chi connectivity index (χ4v) is 17.0. The van der Waals surface area contributed by atoms with Crippen molar-refractivity contribution in [1.82, 2.24) is 0 Å². The molecule has 7 aliphatic rings. The summed E-state index contributed by atoms with van der Waals surface area (Å²) >= 11 is 3.66. The van der Waals surface area contributed by atoms with Gasteiger partial charge in [0.15, 0.2) is 0 Å². The van der Waals surface area contributed by atoms with Gasteiger partial charge in [-0.3, -0.25) is 0 Å². The summed E-state index contributed by atoms with van der Waals surface area (Å²) in [6.07, 6.45) is 2.23. The Morgan fingerprint density at radius 3 is 1.19 bits per heavy atom. The normalized spacial score (nSPS) is 16.1. The first-order valence-electron chi connectivity index (χ1n) is 29.3. The average Bonchev–Trinajstić information content (AvgIpc) is 1.10. The van der Waals surface area contributed by atoms with Crippen molar-refractivity contribution in [3.63, 3.8) is 0 Å². The fraction of sp³-hybridized carbons (Fsp3) is 0.108. The maximum absolute atomic E-state index is 7.62. The summed E-state index contributed by atoms with van der Waals surface area (Å²) in [5.74, 6) is 3.56. The molecule has 11 aromatic carbocycles. The molecule has 0 atom stereocenters. The molecule has 6 nitrogen and oxygen atoms in total. The lowest BCUT2D eigenvalue weighted by Gasteiger charge is -2.46. The molecule has 0 unspecified atom stereocenters. The number of fused-ring (bicyclic) bond motifs is 13. The molecule has 18 rings (SSSR count). The topological polar surface area (TPSA) is 31.4 Å². The third kappa shape index (κ3) is 6.98. The zero-order chi connectivity index (χ0) is 55.7. The molecule has 0 spiro atoms. The van der Waals surface area contributed by atoms with E-state index in [0.29, 0.717) is 0 Å². The molecule has 0 aromatic heterocycles. The predicted molar refractivity (Wildman–Crippen MR) is 351 cm³/mol. The predicted octanol–water partition coefficient (Wildman–Crippen LogP) is 16.7. The van der Waals surface area contributed by atoms with Crippen LogP contribution in [0.2, 0.25) is 0 Å². The Morgan fingerprint density at radius 1 is 0.310 bits per heavy atom. The van der Waals surface area contributed by atoms with Crippen LogP contribution in [-0.4, -0.2) is 13.4 Å². The van der Waals surface area contributed by atoms with Gasteiger partial charge >= 0.3 is 0 Å². The Kier molecular flexibility index (Phi) is 10.3. The van der Waals surface area contributed by atoms with Crippen LogP contribution >= 0.6 is 23.5 Å². The van der Waals surface area contributed by atoms with Crippen LogP contribution in [0.1, 0.15) is 51.7 Å². The molecule has 0 N–H and O–H groups in total. The van der Waals surface area contributed by atoms with Gasteiger partial charge in [-0.25, -0.2) is 0 Å². The molecular weight excluding hydrogens is 1060 g/mol. The highest BCUT2D eigenvalue weighted by Crippen LogP contribution is 2.57. The van der Waals surface area contributed by atoms with Gasteiger partial charge in [0.2, 0.25) is 0 Å². The van der Waals surface area contributed by atoms with Crippen LogP contribution in [0.15, 0.2) is 250 Å². The second kappa shape index (κ2) is 17.8. The molecule has 400 valence electrons. The summed E-state index contributed by atoms with van der Waals surface area (Å²) in [6.45, 7) is 9.41. The highest BCUT2D eigenvalue weighted by molar-refractivity contribution is 8.00. The smallest absolute Gasteiger partial charge is 0.256 e.